The average molecular weight is 559 g/mol. The SMILES string of the molecule is c1ccc2c(c1)ccc1ccc3nc4ccc5ccc6ccc7nc8ccc9ccc%10ccccc%10c9c8n7c6c5n4c3c12. The quantitative estimate of drug-likeness (QED) is 0.174. The lowest BCUT2D eigenvalue weighted by Gasteiger charge is -2.13. The maximum atomic E-state index is 5.19. The number of fused-ring (bicyclic) bond motifs is 19. The van der Waals surface area contributed by atoms with Crippen molar-refractivity contribution in [3.63, 3.8) is 0 Å². The van der Waals surface area contributed by atoms with E-state index < -0.39 is 0 Å². The number of nitrogens with zero attached hydrogens (tertiary/aromatic N) is 4. The van der Waals surface area contributed by atoms with Crippen LogP contribution in [0.3, 0.4) is 0 Å². The number of rotatable bonds is 0. The van der Waals surface area contributed by atoms with Crippen LogP contribution in [0.5, 0.6) is 0 Å². The van der Waals surface area contributed by atoms with E-state index in [2.05, 4.69) is 142 Å². The molecule has 0 saturated carbocycles. The highest BCUT2D eigenvalue weighted by molar-refractivity contribution is 6.23. The Bertz CT molecular complexity index is 2840. The summed E-state index contributed by atoms with van der Waals surface area (Å²) in [5.74, 6) is 0. The van der Waals surface area contributed by atoms with Gasteiger partial charge in [-0.1, -0.05) is 97.1 Å². The molecule has 0 saturated heterocycles. The van der Waals surface area contributed by atoms with Crippen molar-refractivity contribution >= 4 is 98.3 Å². The topological polar surface area (TPSA) is 34.6 Å². The highest BCUT2D eigenvalue weighted by atomic mass is 15.1. The fraction of sp³-hybridized carbons (Fsp3) is 0. The molecule has 0 fully saturated rings. The van der Waals surface area contributed by atoms with Gasteiger partial charge in [0.1, 0.15) is 11.3 Å². The molecule has 202 valence electrons. The van der Waals surface area contributed by atoms with E-state index in [1.54, 1.807) is 0 Å². The van der Waals surface area contributed by atoms with Crippen LogP contribution >= 0.6 is 0 Å². The number of pyridine rings is 2. The number of aromatic nitrogens is 4. The second-order valence-electron chi connectivity index (χ2n) is 11.9. The van der Waals surface area contributed by atoms with Crippen LogP contribution in [-0.2, 0) is 0 Å². The van der Waals surface area contributed by atoms with Crippen LogP contribution in [0.4, 0.5) is 0 Å². The van der Waals surface area contributed by atoms with Crippen molar-refractivity contribution in [1.82, 2.24) is 18.8 Å². The van der Waals surface area contributed by atoms with E-state index in [9.17, 15) is 0 Å². The summed E-state index contributed by atoms with van der Waals surface area (Å²) in [6.45, 7) is 0. The van der Waals surface area contributed by atoms with Crippen LogP contribution in [0.1, 0.15) is 0 Å². The molecule has 4 heterocycles. The zero-order valence-corrected chi connectivity index (χ0v) is 23.5. The van der Waals surface area contributed by atoms with Gasteiger partial charge in [0.05, 0.1) is 33.1 Å². The van der Waals surface area contributed by atoms with E-state index in [4.69, 9.17) is 9.97 Å². The molecule has 11 rings (SSSR count). The zero-order valence-electron chi connectivity index (χ0n) is 23.5. The molecule has 11 aromatic rings. The van der Waals surface area contributed by atoms with Crippen molar-refractivity contribution in [1.29, 1.82) is 0 Å². The molecule has 0 spiro atoms. The third-order valence-corrected chi connectivity index (χ3v) is 9.58. The van der Waals surface area contributed by atoms with Crippen LogP contribution in [0.25, 0.3) is 98.3 Å². The third-order valence-electron chi connectivity index (χ3n) is 9.58. The second-order valence-corrected chi connectivity index (χ2v) is 11.9. The highest BCUT2D eigenvalue weighted by Crippen LogP contribution is 2.39. The van der Waals surface area contributed by atoms with Crippen molar-refractivity contribution in [2.45, 2.75) is 0 Å². The number of benzene rings is 7. The number of hydrogen-bond acceptors (Lipinski definition) is 2. The Morgan fingerprint density at radius 1 is 0.318 bits per heavy atom. The number of hydrogen-bond donors (Lipinski definition) is 0. The molecule has 0 unspecified atom stereocenters. The van der Waals surface area contributed by atoms with Crippen molar-refractivity contribution in [3.05, 3.63) is 133 Å². The van der Waals surface area contributed by atoms with Crippen molar-refractivity contribution in [3.8, 4) is 0 Å². The van der Waals surface area contributed by atoms with Gasteiger partial charge in [-0.2, -0.15) is 0 Å². The minimum Gasteiger partial charge on any atom is -0.289 e. The first-order valence-corrected chi connectivity index (χ1v) is 15.0. The maximum absolute atomic E-state index is 5.19. The monoisotopic (exact) mass is 558 g/mol. The molecule has 4 aromatic heterocycles. The molecule has 4 nitrogen and oxygen atoms in total. The van der Waals surface area contributed by atoms with Gasteiger partial charge in [-0.3, -0.25) is 8.80 Å². The second kappa shape index (κ2) is 7.88. The molecule has 4 heteroatoms. The van der Waals surface area contributed by atoms with Gasteiger partial charge in [0.15, 0.2) is 0 Å². The summed E-state index contributed by atoms with van der Waals surface area (Å²) >= 11 is 0. The van der Waals surface area contributed by atoms with Gasteiger partial charge in [0.2, 0.25) is 0 Å². The van der Waals surface area contributed by atoms with Gasteiger partial charge in [-0.25, -0.2) is 9.97 Å². The molecular weight excluding hydrogens is 536 g/mol. The predicted molar refractivity (Wildman–Crippen MR) is 184 cm³/mol. The summed E-state index contributed by atoms with van der Waals surface area (Å²) < 4.78 is 4.80. The van der Waals surface area contributed by atoms with E-state index in [0.29, 0.717) is 0 Å². The van der Waals surface area contributed by atoms with E-state index >= 15 is 0 Å². The first-order chi connectivity index (χ1) is 21.8. The Labute approximate surface area is 250 Å². The molecule has 0 aliphatic rings. The van der Waals surface area contributed by atoms with Crippen molar-refractivity contribution in [2.75, 3.05) is 0 Å². The molecule has 0 N–H and O–H groups in total. The molecule has 7 aromatic carbocycles. The van der Waals surface area contributed by atoms with Crippen LogP contribution in [0.15, 0.2) is 133 Å². The molecule has 0 atom stereocenters. The molecule has 0 amide bonds. The van der Waals surface area contributed by atoms with E-state index in [1.165, 1.54) is 53.9 Å². The normalized spacial score (nSPS) is 12.5. The smallest absolute Gasteiger partial charge is 0.138 e. The summed E-state index contributed by atoms with van der Waals surface area (Å²) in [6.07, 6.45) is 0. The molecule has 0 radical (unpaired) electrons. The lowest BCUT2D eigenvalue weighted by atomic mass is 10.0. The minimum atomic E-state index is 0.942. The first kappa shape index (κ1) is 22.6. The molecule has 0 bridgehead atoms. The highest BCUT2D eigenvalue weighted by Gasteiger charge is 2.19. The lowest BCUT2D eigenvalue weighted by Crippen LogP contribution is -1.96. The Morgan fingerprint density at radius 3 is 1.20 bits per heavy atom. The van der Waals surface area contributed by atoms with E-state index in [0.717, 1.165) is 44.4 Å². The zero-order chi connectivity index (χ0) is 28.5. The molecule has 44 heavy (non-hydrogen) atoms. The third kappa shape index (κ3) is 2.73. The van der Waals surface area contributed by atoms with Gasteiger partial charge < -0.3 is 0 Å². The average Bonchev–Trinajstić information content (AvgIpc) is 3.66. The molecule has 0 aliphatic heterocycles. The van der Waals surface area contributed by atoms with Gasteiger partial charge in [-0.05, 0) is 68.7 Å². The summed E-state index contributed by atoms with van der Waals surface area (Å²) in [5, 5.41) is 12.2. The molecule has 0 aliphatic carbocycles. The standard InChI is InChI=1S/C40H22N4/c1-3-7-29-23(5-1)9-11-25-15-19-31-39(35(25)29)43-33(41-31)21-17-27-13-14-28-18-22-34-42-32-20-16-26-12-10-24-6-2-4-8-30(24)36(26)40(32)44(34)38(28)37(27)43/h1-22H. The van der Waals surface area contributed by atoms with Crippen LogP contribution in [0, 0.1) is 0 Å². The van der Waals surface area contributed by atoms with Gasteiger partial charge in [0, 0.05) is 21.5 Å². The van der Waals surface area contributed by atoms with E-state index in [-0.39, 0.29) is 0 Å². The van der Waals surface area contributed by atoms with Crippen LogP contribution in [-0.4, -0.2) is 18.8 Å². The van der Waals surface area contributed by atoms with Crippen LogP contribution < -0.4 is 0 Å². The molecular formula is C40H22N4. The predicted octanol–water partition coefficient (Wildman–Crippen LogP) is 10.2. The summed E-state index contributed by atoms with van der Waals surface area (Å²) in [6, 6.07) is 48.2. The summed E-state index contributed by atoms with van der Waals surface area (Å²) in [7, 11) is 0. The summed E-state index contributed by atoms with van der Waals surface area (Å²) in [5.41, 5.74) is 8.45. The largest absolute Gasteiger partial charge is 0.289 e. The fourth-order valence-corrected chi connectivity index (χ4v) is 7.70. The Balaban J connectivity index is 1.47. The Kier molecular flexibility index (Phi) is 4.04. The van der Waals surface area contributed by atoms with E-state index in [1.807, 2.05) is 0 Å². The first-order valence-electron chi connectivity index (χ1n) is 15.0. The lowest BCUT2D eigenvalue weighted by molar-refractivity contribution is 1.27. The van der Waals surface area contributed by atoms with Crippen molar-refractivity contribution in [2.24, 2.45) is 0 Å². The fourth-order valence-electron chi connectivity index (χ4n) is 7.70. The van der Waals surface area contributed by atoms with Crippen molar-refractivity contribution < 1.29 is 0 Å². The summed E-state index contributed by atoms with van der Waals surface area (Å²) in [4.78, 5) is 10.4. The Morgan fingerprint density at radius 2 is 0.705 bits per heavy atom. The van der Waals surface area contributed by atoms with Gasteiger partial charge >= 0.3 is 0 Å². The maximum Gasteiger partial charge on any atom is 0.138 e. The minimum absolute atomic E-state index is 0.942. The van der Waals surface area contributed by atoms with Gasteiger partial charge in [0.25, 0.3) is 0 Å². The Hall–Kier alpha value is -6.00. The number of imidazole rings is 2. The van der Waals surface area contributed by atoms with Gasteiger partial charge in [-0.15, -0.1) is 0 Å². The van der Waals surface area contributed by atoms with Crippen LogP contribution in [0.2, 0.25) is 0 Å².